The second-order valence-electron chi connectivity index (χ2n) is 4.50. The van der Waals surface area contributed by atoms with Crippen molar-refractivity contribution in [3.63, 3.8) is 0 Å². The molecule has 2 aromatic rings. The van der Waals surface area contributed by atoms with Crippen molar-refractivity contribution in [2.24, 2.45) is 0 Å². The van der Waals surface area contributed by atoms with E-state index in [0.29, 0.717) is 0 Å². The summed E-state index contributed by atoms with van der Waals surface area (Å²) in [7, 11) is 4.04. The number of benzene rings is 2. The number of nitrogens with one attached hydrogen (secondary N) is 1. The maximum Gasteiger partial charge on any atom is 0.0597 e. The minimum absolute atomic E-state index is 0.736. The molecule has 0 spiro atoms. The molecule has 0 bridgehead atoms. The quantitative estimate of drug-likeness (QED) is 0.862. The first-order valence-electron chi connectivity index (χ1n) is 6.02. The van der Waals surface area contributed by atoms with Gasteiger partial charge < -0.3 is 10.2 Å². The first-order valence-corrected chi connectivity index (χ1v) is 7.19. The molecule has 0 amide bonds. The van der Waals surface area contributed by atoms with Crippen LogP contribution in [0, 0.1) is 0 Å². The molecule has 2 aromatic carbocycles. The molecule has 19 heavy (non-hydrogen) atoms. The number of hydrogen-bond acceptors (Lipinski definition) is 2. The van der Waals surface area contributed by atoms with Gasteiger partial charge in [-0.3, -0.25) is 0 Å². The fourth-order valence-electron chi connectivity index (χ4n) is 1.87. The van der Waals surface area contributed by atoms with Gasteiger partial charge in [-0.25, -0.2) is 0 Å². The Labute approximate surface area is 127 Å². The summed E-state index contributed by atoms with van der Waals surface area (Å²) in [6.45, 7) is 0.753. The van der Waals surface area contributed by atoms with Crippen LogP contribution in [0.2, 0.25) is 5.02 Å². The van der Waals surface area contributed by atoms with Crippen LogP contribution >= 0.6 is 27.5 Å². The van der Waals surface area contributed by atoms with Crippen LogP contribution in [0.25, 0.3) is 0 Å². The highest BCUT2D eigenvalue weighted by atomic mass is 79.9. The Morgan fingerprint density at radius 2 is 1.89 bits per heavy atom. The molecular weight excluding hydrogens is 324 g/mol. The summed E-state index contributed by atoms with van der Waals surface area (Å²) in [4.78, 5) is 2.07. The second kappa shape index (κ2) is 6.31. The van der Waals surface area contributed by atoms with Gasteiger partial charge in [0.1, 0.15) is 0 Å². The van der Waals surface area contributed by atoms with Crippen LogP contribution in [0.3, 0.4) is 0 Å². The largest absolute Gasteiger partial charge is 0.379 e. The molecule has 0 atom stereocenters. The van der Waals surface area contributed by atoms with Crippen molar-refractivity contribution >= 4 is 38.9 Å². The lowest BCUT2D eigenvalue weighted by molar-refractivity contribution is 1.10. The van der Waals surface area contributed by atoms with E-state index in [-0.39, 0.29) is 0 Å². The zero-order valence-corrected chi connectivity index (χ0v) is 13.3. The van der Waals surface area contributed by atoms with Crippen molar-refractivity contribution in [1.29, 1.82) is 0 Å². The predicted octanol–water partition coefficient (Wildman–Crippen LogP) is 4.78. The van der Waals surface area contributed by atoms with Gasteiger partial charge in [-0.1, -0.05) is 45.7 Å². The van der Waals surface area contributed by atoms with Gasteiger partial charge in [0.25, 0.3) is 0 Å². The van der Waals surface area contributed by atoms with Crippen molar-refractivity contribution in [1.82, 2.24) is 0 Å². The molecule has 4 heteroatoms. The van der Waals surface area contributed by atoms with Gasteiger partial charge in [0.05, 0.1) is 11.4 Å². The van der Waals surface area contributed by atoms with Crippen LogP contribution in [-0.4, -0.2) is 14.1 Å². The summed E-state index contributed by atoms with van der Waals surface area (Å²) in [5.41, 5.74) is 3.37. The number of hydrogen-bond donors (Lipinski definition) is 1. The molecule has 100 valence electrons. The normalized spacial score (nSPS) is 10.3. The highest BCUT2D eigenvalue weighted by Crippen LogP contribution is 2.28. The number of anilines is 2. The molecule has 0 fully saturated rings. The van der Waals surface area contributed by atoms with Gasteiger partial charge in [-0.2, -0.15) is 0 Å². The Bertz CT molecular complexity index is 570. The van der Waals surface area contributed by atoms with Crippen LogP contribution in [0.4, 0.5) is 11.4 Å². The van der Waals surface area contributed by atoms with Crippen molar-refractivity contribution in [2.45, 2.75) is 6.54 Å². The van der Waals surface area contributed by atoms with E-state index in [1.54, 1.807) is 0 Å². The average Bonchev–Trinajstić information content (AvgIpc) is 2.37. The standard InChI is InChI=1S/C15H16BrClN2/c1-19(2)15-8-7-12(17)9-14(15)18-10-11-5-3-4-6-13(11)16/h3-9,18H,10H2,1-2H3. The van der Waals surface area contributed by atoms with Crippen molar-refractivity contribution in [3.05, 3.63) is 57.5 Å². The van der Waals surface area contributed by atoms with E-state index < -0.39 is 0 Å². The van der Waals surface area contributed by atoms with Crippen molar-refractivity contribution < 1.29 is 0 Å². The van der Waals surface area contributed by atoms with Crippen LogP contribution in [0.5, 0.6) is 0 Å². The van der Waals surface area contributed by atoms with Gasteiger partial charge in [-0.05, 0) is 29.8 Å². The summed E-state index contributed by atoms with van der Waals surface area (Å²) >= 11 is 9.62. The Morgan fingerprint density at radius 3 is 2.58 bits per heavy atom. The highest BCUT2D eigenvalue weighted by molar-refractivity contribution is 9.10. The lowest BCUT2D eigenvalue weighted by atomic mass is 10.2. The van der Waals surface area contributed by atoms with E-state index >= 15 is 0 Å². The first kappa shape index (κ1) is 14.2. The third kappa shape index (κ3) is 3.64. The summed E-state index contributed by atoms with van der Waals surface area (Å²) in [5, 5.41) is 4.17. The van der Waals surface area contributed by atoms with Gasteiger partial charge in [0.15, 0.2) is 0 Å². The third-order valence-electron chi connectivity index (χ3n) is 2.87. The summed E-state index contributed by atoms with van der Waals surface area (Å²) in [5.74, 6) is 0. The molecular formula is C15H16BrClN2. The van der Waals surface area contributed by atoms with E-state index in [1.165, 1.54) is 5.56 Å². The fraction of sp³-hybridized carbons (Fsp3) is 0.200. The van der Waals surface area contributed by atoms with E-state index in [0.717, 1.165) is 27.4 Å². The molecule has 0 saturated carbocycles. The third-order valence-corrected chi connectivity index (χ3v) is 3.88. The Morgan fingerprint density at radius 1 is 1.16 bits per heavy atom. The Kier molecular flexibility index (Phi) is 4.72. The minimum atomic E-state index is 0.736. The number of nitrogens with zero attached hydrogens (tertiary/aromatic N) is 1. The Balaban J connectivity index is 2.19. The maximum absolute atomic E-state index is 6.07. The minimum Gasteiger partial charge on any atom is -0.379 e. The zero-order chi connectivity index (χ0) is 13.8. The van der Waals surface area contributed by atoms with E-state index in [1.807, 2.05) is 50.5 Å². The van der Waals surface area contributed by atoms with Crippen LogP contribution in [0.15, 0.2) is 46.9 Å². The second-order valence-corrected chi connectivity index (χ2v) is 5.79. The van der Waals surface area contributed by atoms with E-state index in [2.05, 4.69) is 32.2 Å². The van der Waals surface area contributed by atoms with Crippen LogP contribution in [-0.2, 0) is 6.54 Å². The lowest BCUT2D eigenvalue weighted by Crippen LogP contribution is -2.12. The molecule has 0 aromatic heterocycles. The molecule has 0 radical (unpaired) electrons. The number of halogens is 2. The summed E-state index contributed by atoms with van der Waals surface area (Å²) < 4.78 is 1.11. The molecule has 0 heterocycles. The molecule has 0 aliphatic rings. The summed E-state index contributed by atoms with van der Waals surface area (Å²) in [6.07, 6.45) is 0. The van der Waals surface area contributed by atoms with Gasteiger partial charge in [-0.15, -0.1) is 0 Å². The highest BCUT2D eigenvalue weighted by Gasteiger charge is 2.06. The smallest absolute Gasteiger partial charge is 0.0597 e. The Hall–Kier alpha value is -1.19. The molecule has 0 unspecified atom stereocenters. The number of rotatable bonds is 4. The van der Waals surface area contributed by atoms with Crippen molar-refractivity contribution in [3.8, 4) is 0 Å². The SMILES string of the molecule is CN(C)c1ccc(Cl)cc1NCc1ccccc1Br. The molecule has 2 nitrogen and oxygen atoms in total. The van der Waals surface area contributed by atoms with Crippen LogP contribution < -0.4 is 10.2 Å². The average molecular weight is 340 g/mol. The topological polar surface area (TPSA) is 15.3 Å². The van der Waals surface area contributed by atoms with Crippen LogP contribution in [0.1, 0.15) is 5.56 Å². The predicted molar refractivity (Wildman–Crippen MR) is 87.2 cm³/mol. The fourth-order valence-corrected chi connectivity index (χ4v) is 2.47. The zero-order valence-electron chi connectivity index (χ0n) is 11.0. The van der Waals surface area contributed by atoms with Gasteiger partial charge in [0, 0.05) is 30.1 Å². The monoisotopic (exact) mass is 338 g/mol. The first-order chi connectivity index (χ1) is 9.08. The lowest BCUT2D eigenvalue weighted by Gasteiger charge is -2.19. The van der Waals surface area contributed by atoms with E-state index in [9.17, 15) is 0 Å². The summed E-state index contributed by atoms with van der Waals surface area (Å²) in [6, 6.07) is 14.1. The molecule has 1 N–H and O–H groups in total. The molecule has 0 aliphatic heterocycles. The maximum atomic E-state index is 6.07. The molecule has 2 rings (SSSR count). The van der Waals surface area contributed by atoms with Crippen molar-refractivity contribution in [2.75, 3.05) is 24.3 Å². The van der Waals surface area contributed by atoms with Gasteiger partial charge in [0.2, 0.25) is 0 Å². The van der Waals surface area contributed by atoms with E-state index in [4.69, 9.17) is 11.6 Å². The van der Waals surface area contributed by atoms with Gasteiger partial charge >= 0.3 is 0 Å². The molecule has 0 aliphatic carbocycles. The molecule has 0 saturated heterocycles.